The van der Waals surface area contributed by atoms with Crippen LogP contribution in [-0.4, -0.2) is 20.2 Å². The lowest BCUT2D eigenvalue weighted by molar-refractivity contribution is 0.540. The summed E-state index contributed by atoms with van der Waals surface area (Å²) < 4.78 is 1.83. The predicted octanol–water partition coefficient (Wildman–Crippen LogP) is 1.37. The molecule has 11 heavy (non-hydrogen) atoms. The van der Waals surface area contributed by atoms with E-state index < -0.39 is 0 Å². The van der Waals surface area contributed by atoms with E-state index in [1.165, 1.54) is 6.42 Å². The third-order valence-electron chi connectivity index (χ3n) is 1.45. The van der Waals surface area contributed by atoms with E-state index in [4.69, 9.17) is 0 Å². The summed E-state index contributed by atoms with van der Waals surface area (Å²) in [5, 5.41) is 12.0. The summed E-state index contributed by atoms with van der Waals surface area (Å²) in [4.78, 5) is 0. The van der Waals surface area contributed by atoms with E-state index in [-0.39, 0.29) is 0 Å². The Bertz CT molecular complexity index is 210. The molecule has 0 amide bonds. The minimum atomic E-state index is 0.726. The summed E-state index contributed by atoms with van der Waals surface area (Å²) in [5.74, 6) is 0.901. The number of nitrogens with zero attached hydrogens (tertiary/aromatic N) is 4. The highest BCUT2D eigenvalue weighted by molar-refractivity contribution is 9.08. The maximum absolute atomic E-state index is 3.85. The van der Waals surface area contributed by atoms with Crippen molar-refractivity contribution in [2.24, 2.45) is 0 Å². The van der Waals surface area contributed by atoms with Crippen LogP contribution in [0.3, 0.4) is 0 Å². The largest absolute Gasteiger partial charge is 0.229 e. The number of aromatic nitrogens is 4. The van der Waals surface area contributed by atoms with E-state index in [0.717, 1.165) is 24.1 Å². The van der Waals surface area contributed by atoms with Gasteiger partial charge in [0, 0.05) is 6.54 Å². The van der Waals surface area contributed by atoms with Gasteiger partial charge in [0.25, 0.3) is 0 Å². The van der Waals surface area contributed by atoms with Crippen LogP contribution in [0.2, 0.25) is 0 Å². The van der Waals surface area contributed by atoms with Gasteiger partial charge in [0.15, 0.2) is 5.82 Å². The lowest BCUT2D eigenvalue weighted by atomic mass is 10.3. The first-order valence-corrected chi connectivity index (χ1v) is 4.81. The van der Waals surface area contributed by atoms with E-state index in [9.17, 15) is 0 Å². The highest BCUT2D eigenvalue weighted by Gasteiger charge is 2.01. The molecular formula is C6H11BrN4. The van der Waals surface area contributed by atoms with Gasteiger partial charge in [-0.1, -0.05) is 29.3 Å². The monoisotopic (exact) mass is 218 g/mol. The predicted molar refractivity (Wildman–Crippen MR) is 45.4 cm³/mol. The van der Waals surface area contributed by atoms with Crippen molar-refractivity contribution in [3.63, 3.8) is 0 Å². The van der Waals surface area contributed by atoms with Gasteiger partial charge in [-0.15, -0.1) is 5.10 Å². The van der Waals surface area contributed by atoms with E-state index >= 15 is 0 Å². The maximum atomic E-state index is 3.85. The minimum absolute atomic E-state index is 0.726. The van der Waals surface area contributed by atoms with Crippen LogP contribution in [0.25, 0.3) is 0 Å². The quantitative estimate of drug-likeness (QED) is 0.718. The highest BCUT2D eigenvalue weighted by atomic mass is 79.9. The van der Waals surface area contributed by atoms with Crippen LogP contribution in [0.4, 0.5) is 0 Å². The molecule has 0 spiro atoms. The van der Waals surface area contributed by atoms with Crippen molar-refractivity contribution in [3.05, 3.63) is 5.82 Å². The van der Waals surface area contributed by atoms with Crippen LogP contribution >= 0.6 is 15.9 Å². The van der Waals surface area contributed by atoms with Crippen LogP contribution in [0, 0.1) is 0 Å². The zero-order valence-corrected chi connectivity index (χ0v) is 8.08. The first kappa shape index (κ1) is 8.64. The van der Waals surface area contributed by atoms with Crippen LogP contribution in [0.5, 0.6) is 0 Å². The number of hydrogen-bond donors (Lipinski definition) is 0. The zero-order valence-electron chi connectivity index (χ0n) is 6.50. The summed E-state index contributed by atoms with van der Waals surface area (Å²) >= 11 is 3.32. The molecule has 1 rings (SSSR count). The Labute approximate surface area is 74.1 Å². The average molecular weight is 219 g/mol. The summed E-state index contributed by atoms with van der Waals surface area (Å²) in [6, 6.07) is 0. The van der Waals surface area contributed by atoms with Gasteiger partial charge in [0.1, 0.15) is 0 Å². The Kier molecular flexibility index (Phi) is 3.48. The second-order valence-corrected chi connectivity index (χ2v) is 2.87. The van der Waals surface area contributed by atoms with Crippen LogP contribution in [-0.2, 0) is 11.9 Å². The van der Waals surface area contributed by atoms with Gasteiger partial charge in [-0.25, -0.2) is 4.68 Å². The van der Waals surface area contributed by atoms with Gasteiger partial charge in [0.2, 0.25) is 0 Å². The molecular weight excluding hydrogens is 208 g/mol. The molecule has 0 bridgehead atoms. The molecule has 0 unspecified atom stereocenters. The van der Waals surface area contributed by atoms with Crippen molar-refractivity contribution in [1.82, 2.24) is 20.2 Å². The fourth-order valence-electron chi connectivity index (χ4n) is 0.801. The van der Waals surface area contributed by atoms with Gasteiger partial charge in [0.05, 0.1) is 5.33 Å². The van der Waals surface area contributed by atoms with Crippen molar-refractivity contribution < 1.29 is 0 Å². The lowest BCUT2D eigenvalue weighted by Crippen LogP contribution is -2.03. The Balaban J connectivity index is 2.54. The zero-order chi connectivity index (χ0) is 8.10. The molecule has 0 saturated carbocycles. The lowest BCUT2D eigenvalue weighted by Gasteiger charge is -1.98. The molecule has 0 N–H and O–H groups in total. The molecule has 0 saturated heterocycles. The topological polar surface area (TPSA) is 43.6 Å². The number of hydrogen-bond acceptors (Lipinski definition) is 3. The molecule has 0 aliphatic heterocycles. The SMILES string of the molecule is CCCCn1nnnc1CBr. The number of alkyl halides is 1. The Morgan fingerprint density at radius 1 is 1.55 bits per heavy atom. The number of rotatable bonds is 4. The standard InChI is InChI=1S/C6H11BrN4/c1-2-3-4-11-6(5-7)8-9-10-11/h2-5H2,1H3. The first-order valence-electron chi connectivity index (χ1n) is 3.69. The van der Waals surface area contributed by atoms with E-state index in [2.05, 4.69) is 38.4 Å². The van der Waals surface area contributed by atoms with Gasteiger partial charge >= 0.3 is 0 Å². The van der Waals surface area contributed by atoms with Crippen molar-refractivity contribution >= 4 is 15.9 Å². The minimum Gasteiger partial charge on any atom is -0.229 e. The Morgan fingerprint density at radius 2 is 2.36 bits per heavy atom. The Morgan fingerprint density at radius 3 is 3.00 bits per heavy atom. The molecule has 4 nitrogen and oxygen atoms in total. The van der Waals surface area contributed by atoms with Gasteiger partial charge in [-0.05, 0) is 16.8 Å². The normalized spacial score (nSPS) is 10.4. The highest BCUT2D eigenvalue weighted by Crippen LogP contribution is 2.00. The van der Waals surface area contributed by atoms with E-state index in [1.807, 2.05) is 4.68 Å². The molecule has 0 aromatic carbocycles. The first-order chi connectivity index (χ1) is 5.38. The van der Waals surface area contributed by atoms with Crippen molar-refractivity contribution in [2.45, 2.75) is 31.6 Å². The molecule has 1 aromatic heterocycles. The maximum Gasteiger partial charge on any atom is 0.161 e. The molecule has 0 aliphatic rings. The Hall–Kier alpha value is -0.450. The third kappa shape index (κ3) is 2.25. The van der Waals surface area contributed by atoms with Crippen LogP contribution in [0.15, 0.2) is 0 Å². The summed E-state index contributed by atoms with van der Waals surface area (Å²) in [7, 11) is 0. The number of tetrazole rings is 1. The smallest absolute Gasteiger partial charge is 0.161 e. The average Bonchev–Trinajstić information content (AvgIpc) is 2.47. The summed E-state index contributed by atoms with van der Waals surface area (Å²) in [6.07, 6.45) is 2.30. The van der Waals surface area contributed by atoms with Crippen molar-refractivity contribution in [1.29, 1.82) is 0 Å². The van der Waals surface area contributed by atoms with Crippen LogP contribution in [0.1, 0.15) is 25.6 Å². The van der Waals surface area contributed by atoms with Crippen molar-refractivity contribution in [3.8, 4) is 0 Å². The molecule has 0 radical (unpaired) electrons. The third-order valence-corrected chi connectivity index (χ3v) is 1.95. The molecule has 0 aliphatic carbocycles. The molecule has 62 valence electrons. The van der Waals surface area contributed by atoms with Gasteiger partial charge in [-0.2, -0.15) is 0 Å². The van der Waals surface area contributed by atoms with Gasteiger partial charge < -0.3 is 0 Å². The molecule has 0 fully saturated rings. The molecule has 1 aromatic rings. The second-order valence-electron chi connectivity index (χ2n) is 2.31. The van der Waals surface area contributed by atoms with Gasteiger partial charge in [-0.3, -0.25) is 0 Å². The number of halogens is 1. The second kappa shape index (κ2) is 4.43. The van der Waals surface area contributed by atoms with E-state index in [1.54, 1.807) is 0 Å². The summed E-state index contributed by atoms with van der Waals surface area (Å²) in [6.45, 7) is 3.07. The van der Waals surface area contributed by atoms with Crippen LogP contribution < -0.4 is 0 Å². The number of aryl methyl sites for hydroxylation is 1. The molecule has 1 heterocycles. The molecule has 0 atom stereocenters. The fourth-order valence-corrected chi connectivity index (χ4v) is 1.20. The summed E-state index contributed by atoms with van der Waals surface area (Å²) in [5.41, 5.74) is 0. The number of unbranched alkanes of at least 4 members (excludes halogenated alkanes) is 1. The fraction of sp³-hybridized carbons (Fsp3) is 0.833. The molecule has 5 heteroatoms. The van der Waals surface area contributed by atoms with E-state index in [0.29, 0.717) is 0 Å². The van der Waals surface area contributed by atoms with Crippen molar-refractivity contribution in [2.75, 3.05) is 0 Å².